The van der Waals surface area contributed by atoms with Gasteiger partial charge >= 0.3 is 5.97 Å². The van der Waals surface area contributed by atoms with Crippen molar-refractivity contribution in [2.45, 2.75) is 25.6 Å². The molecule has 0 bridgehead atoms. The van der Waals surface area contributed by atoms with Crippen LogP contribution in [0.25, 0.3) is 0 Å². The fraction of sp³-hybridized carbons (Fsp3) is 0.148. The maximum Gasteiger partial charge on any atom is 0.339 e. The number of ether oxygens (including phenoxy) is 1. The van der Waals surface area contributed by atoms with Crippen LogP contribution in [0.2, 0.25) is 0 Å². The van der Waals surface area contributed by atoms with Crippen molar-refractivity contribution in [1.82, 2.24) is 14.9 Å². The topological polar surface area (TPSA) is 73.2 Å². The van der Waals surface area contributed by atoms with Gasteiger partial charge < -0.3 is 14.6 Å². The van der Waals surface area contributed by atoms with Gasteiger partial charge in [-0.2, -0.15) is 0 Å². The van der Waals surface area contributed by atoms with E-state index in [1.165, 1.54) is 0 Å². The highest BCUT2D eigenvalue weighted by Crippen LogP contribution is 2.31. The molecule has 33 heavy (non-hydrogen) atoms. The second-order valence-electron chi connectivity index (χ2n) is 8.07. The minimum atomic E-state index is -0.356. The highest BCUT2D eigenvalue weighted by molar-refractivity contribution is 5.97. The maximum absolute atomic E-state index is 12.9. The Morgan fingerprint density at radius 3 is 2.61 bits per heavy atom. The van der Waals surface area contributed by atoms with Crippen LogP contribution in [-0.4, -0.2) is 21.4 Å². The van der Waals surface area contributed by atoms with Gasteiger partial charge in [-0.15, -0.1) is 0 Å². The molecule has 2 heterocycles. The van der Waals surface area contributed by atoms with E-state index < -0.39 is 0 Å². The third-order valence-corrected chi connectivity index (χ3v) is 5.88. The van der Waals surface area contributed by atoms with Crippen molar-refractivity contribution in [3.63, 3.8) is 0 Å². The molecule has 0 unspecified atom stereocenters. The van der Waals surface area contributed by atoms with E-state index in [2.05, 4.69) is 16.4 Å². The second-order valence-corrected chi connectivity index (χ2v) is 8.07. The van der Waals surface area contributed by atoms with Gasteiger partial charge in [-0.3, -0.25) is 4.79 Å². The average molecular weight is 437 g/mol. The molecule has 1 amide bonds. The van der Waals surface area contributed by atoms with E-state index in [-0.39, 0.29) is 18.0 Å². The molecule has 5 rings (SSSR count). The highest BCUT2D eigenvalue weighted by atomic mass is 16.5. The van der Waals surface area contributed by atoms with E-state index >= 15 is 0 Å². The maximum atomic E-state index is 12.9. The van der Waals surface area contributed by atoms with Crippen LogP contribution in [-0.2, 0) is 24.2 Å². The Balaban J connectivity index is 1.30. The van der Waals surface area contributed by atoms with E-state index in [9.17, 15) is 9.59 Å². The zero-order valence-corrected chi connectivity index (χ0v) is 18.0. The number of carbonyl (C=O) groups excluding carboxylic acids is 2. The molecule has 0 radical (unpaired) electrons. The van der Waals surface area contributed by atoms with Gasteiger partial charge in [0.15, 0.2) is 0 Å². The number of benzene rings is 3. The number of amides is 1. The molecule has 1 aromatic heterocycles. The summed E-state index contributed by atoms with van der Waals surface area (Å²) in [6.45, 7) is 1.10. The van der Waals surface area contributed by atoms with E-state index in [0.717, 1.165) is 22.3 Å². The first-order valence-electron chi connectivity index (χ1n) is 10.9. The van der Waals surface area contributed by atoms with E-state index in [0.29, 0.717) is 30.6 Å². The molecule has 1 aliphatic rings. The minimum absolute atomic E-state index is 0.176. The van der Waals surface area contributed by atoms with E-state index in [1.54, 1.807) is 30.7 Å². The van der Waals surface area contributed by atoms with Crippen LogP contribution in [0, 0.1) is 0 Å². The summed E-state index contributed by atoms with van der Waals surface area (Å²) < 4.78 is 7.61. The first-order valence-corrected chi connectivity index (χ1v) is 10.9. The number of nitrogens with zero attached hydrogens (tertiary/aromatic N) is 2. The van der Waals surface area contributed by atoms with Gasteiger partial charge in [-0.1, -0.05) is 54.6 Å². The summed E-state index contributed by atoms with van der Waals surface area (Å²) >= 11 is 0. The van der Waals surface area contributed by atoms with Crippen LogP contribution in [0.4, 0.5) is 0 Å². The van der Waals surface area contributed by atoms with Gasteiger partial charge in [-0.05, 0) is 40.5 Å². The lowest BCUT2D eigenvalue weighted by molar-refractivity contribution is 0.0252. The van der Waals surface area contributed by atoms with Crippen LogP contribution in [0.1, 0.15) is 49.1 Å². The number of cyclic esters (lactones) is 1. The van der Waals surface area contributed by atoms with Crippen molar-refractivity contribution in [2.24, 2.45) is 0 Å². The van der Waals surface area contributed by atoms with Crippen molar-refractivity contribution in [2.75, 3.05) is 0 Å². The fourth-order valence-electron chi connectivity index (χ4n) is 4.13. The fourth-order valence-corrected chi connectivity index (χ4v) is 4.13. The summed E-state index contributed by atoms with van der Waals surface area (Å²) in [7, 11) is 0. The van der Waals surface area contributed by atoms with Gasteiger partial charge in [-0.25, -0.2) is 9.78 Å². The molecule has 1 atom stereocenters. The third kappa shape index (κ3) is 4.55. The van der Waals surface area contributed by atoms with Gasteiger partial charge in [0, 0.05) is 37.5 Å². The smallest absolute Gasteiger partial charge is 0.339 e. The van der Waals surface area contributed by atoms with E-state index in [4.69, 9.17) is 4.74 Å². The molecule has 0 saturated heterocycles. The van der Waals surface area contributed by atoms with E-state index in [1.807, 2.05) is 59.3 Å². The Morgan fingerprint density at radius 2 is 1.82 bits per heavy atom. The molecule has 6 nitrogen and oxygen atoms in total. The van der Waals surface area contributed by atoms with Crippen molar-refractivity contribution in [3.8, 4) is 0 Å². The lowest BCUT2D eigenvalue weighted by Gasteiger charge is -2.25. The SMILES string of the molecule is O=C(NCc1ccccc1Cn1ccnc1)c1ccc2c(c1)C[C@H](c1ccccc1)OC2=O. The molecule has 164 valence electrons. The number of carbonyl (C=O) groups is 2. The Labute approximate surface area is 191 Å². The van der Waals surface area contributed by atoms with Crippen LogP contribution in [0.15, 0.2) is 91.5 Å². The standard InChI is InChI=1S/C27H23N3O3/c31-26(29-16-21-8-4-5-9-22(21)17-30-13-12-28-18-30)20-10-11-24-23(14-20)15-25(33-27(24)32)19-6-2-1-3-7-19/h1-14,18,25H,15-17H2,(H,29,31)/t25-/m1/s1. The summed E-state index contributed by atoms with van der Waals surface area (Å²) in [6, 6.07) is 22.8. The Hall–Kier alpha value is -4.19. The van der Waals surface area contributed by atoms with Crippen LogP contribution in [0.5, 0.6) is 0 Å². The van der Waals surface area contributed by atoms with Crippen molar-refractivity contribution in [3.05, 3.63) is 125 Å². The summed E-state index contributed by atoms with van der Waals surface area (Å²) in [5.74, 6) is -0.532. The molecule has 0 fully saturated rings. The van der Waals surface area contributed by atoms with Gasteiger partial charge in [0.1, 0.15) is 6.10 Å². The van der Waals surface area contributed by atoms with Crippen molar-refractivity contribution in [1.29, 1.82) is 0 Å². The molecule has 0 saturated carbocycles. The normalized spacial score (nSPS) is 14.9. The first kappa shape index (κ1) is 20.7. The monoisotopic (exact) mass is 437 g/mol. The molecule has 0 aliphatic carbocycles. The number of aromatic nitrogens is 2. The highest BCUT2D eigenvalue weighted by Gasteiger charge is 2.28. The zero-order chi connectivity index (χ0) is 22.6. The van der Waals surface area contributed by atoms with Gasteiger partial charge in [0.25, 0.3) is 5.91 Å². The molecule has 6 heteroatoms. The van der Waals surface area contributed by atoms with Gasteiger partial charge in [0.05, 0.1) is 11.9 Å². The predicted octanol–water partition coefficient (Wildman–Crippen LogP) is 4.32. The number of nitrogens with one attached hydrogen (secondary N) is 1. The third-order valence-electron chi connectivity index (χ3n) is 5.88. The Morgan fingerprint density at radius 1 is 1.03 bits per heavy atom. The van der Waals surface area contributed by atoms with Crippen LogP contribution < -0.4 is 5.32 Å². The molecular formula is C27H23N3O3. The van der Waals surface area contributed by atoms with Crippen LogP contribution in [0.3, 0.4) is 0 Å². The second kappa shape index (κ2) is 9.12. The molecule has 1 aliphatic heterocycles. The average Bonchev–Trinajstić information content (AvgIpc) is 3.36. The number of fused-ring (bicyclic) bond motifs is 1. The lowest BCUT2D eigenvalue weighted by Crippen LogP contribution is -2.26. The number of hydrogen-bond donors (Lipinski definition) is 1. The number of hydrogen-bond acceptors (Lipinski definition) is 4. The molecule has 1 N–H and O–H groups in total. The minimum Gasteiger partial charge on any atom is -0.454 e. The Kier molecular flexibility index (Phi) is 5.72. The lowest BCUT2D eigenvalue weighted by atomic mass is 9.93. The molecule has 0 spiro atoms. The summed E-state index contributed by atoms with van der Waals surface area (Å²) in [4.78, 5) is 29.5. The molecular weight excluding hydrogens is 414 g/mol. The Bertz CT molecular complexity index is 1280. The zero-order valence-electron chi connectivity index (χ0n) is 18.0. The van der Waals surface area contributed by atoms with Crippen molar-refractivity contribution >= 4 is 11.9 Å². The summed E-state index contributed by atoms with van der Waals surface area (Å²) in [5.41, 5.74) is 4.99. The summed E-state index contributed by atoms with van der Waals surface area (Å²) in [6.07, 6.45) is 5.63. The van der Waals surface area contributed by atoms with Gasteiger partial charge in [0.2, 0.25) is 0 Å². The van der Waals surface area contributed by atoms with Crippen LogP contribution >= 0.6 is 0 Å². The quantitative estimate of drug-likeness (QED) is 0.456. The number of esters is 1. The van der Waals surface area contributed by atoms with Crippen molar-refractivity contribution < 1.29 is 14.3 Å². The summed E-state index contributed by atoms with van der Waals surface area (Å²) in [5, 5.41) is 3.02. The predicted molar refractivity (Wildman–Crippen MR) is 124 cm³/mol. The number of rotatable bonds is 6. The molecule has 4 aromatic rings. The number of imidazole rings is 1. The molecule has 3 aromatic carbocycles. The first-order chi connectivity index (χ1) is 16.2. The largest absolute Gasteiger partial charge is 0.454 e.